The predicted octanol–water partition coefficient (Wildman–Crippen LogP) is 5.32. The van der Waals surface area contributed by atoms with Gasteiger partial charge in [-0.05, 0) is 59.9 Å². The van der Waals surface area contributed by atoms with Crippen molar-refractivity contribution < 1.29 is 18.0 Å². The minimum absolute atomic E-state index is 0.0814. The molecular weight excluding hydrogens is 546 g/mol. The van der Waals surface area contributed by atoms with Crippen molar-refractivity contribution in [2.75, 3.05) is 13.6 Å². The second kappa shape index (κ2) is 13.8. The Morgan fingerprint density at radius 2 is 1.50 bits per heavy atom. The average molecular weight is 586 g/mol. The number of aryl methyl sites for hydroxylation is 1. The quantitative estimate of drug-likeness (QED) is 0.244. The highest BCUT2D eigenvalue weighted by atomic mass is 32.2. The summed E-state index contributed by atoms with van der Waals surface area (Å²) >= 11 is 0. The van der Waals surface area contributed by atoms with Gasteiger partial charge in [0.05, 0.1) is 11.4 Å². The summed E-state index contributed by atoms with van der Waals surface area (Å²) in [5, 5.41) is 4.77. The van der Waals surface area contributed by atoms with Crippen molar-refractivity contribution in [3.8, 4) is 0 Å². The molecule has 0 radical (unpaired) electrons. The lowest BCUT2D eigenvalue weighted by Crippen LogP contribution is -2.54. The first-order valence-electron chi connectivity index (χ1n) is 14.2. The predicted molar refractivity (Wildman–Crippen MR) is 167 cm³/mol. The van der Waals surface area contributed by atoms with Gasteiger partial charge in [0.2, 0.25) is 21.8 Å². The third kappa shape index (κ3) is 7.43. The lowest BCUT2D eigenvalue weighted by molar-refractivity contribution is -0.141. The number of carbonyl (C=O) groups is 2. The molecule has 0 bridgehead atoms. The highest BCUT2D eigenvalue weighted by molar-refractivity contribution is 7.89. The molecule has 220 valence electrons. The van der Waals surface area contributed by atoms with E-state index in [0.29, 0.717) is 6.42 Å². The molecule has 4 aromatic carbocycles. The van der Waals surface area contributed by atoms with Gasteiger partial charge in [-0.3, -0.25) is 9.59 Å². The Hall–Kier alpha value is -4.01. The van der Waals surface area contributed by atoms with E-state index in [-0.39, 0.29) is 23.4 Å². The van der Waals surface area contributed by atoms with Crippen molar-refractivity contribution in [2.45, 2.75) is 57.1 Å². The zero-order valence-corrected chi connectivity index (χ0v) is 25.5. The number of hydrogen-bond acceptors (Lipinski definition) is 4. The molecule has 1 N–H and O–H groups in total. The van der Waals surface area contributed by atoms with Gasteiger partial charge in [0.15, 0.2) is 0 Å². The van der Waals surface area contributed by atoms with Crippen LogP contribution in [0.3, 0.4) is 0 Å². The Kier molecular flexibility index (Phi) is 10.1. The van der Waals surface area contributed by atoms with Gasteiger partial charge >= 0.3 is 0 Å². The summed E-state index contributed by atoms with van der Waals surface area (Å²) in [4.78, 5) is 29.5. The second-order valence-electron chi connectivity index (χ2n) is 10.7. The minimum atomic E-state index is -3.98. The van der Waals surface area contributed by atoms with E-state index in [4.69, 9.17) is 0 Å². The smallest absolute Gasteiger partial charge is 0.243 e. The largest absolute Gasteiger partial charge is 0.352 e. The number of rotatable bonds is 12. The van der Waals surface area contributed by atoms with E-state index in [2.05, 4.69) is 5.32 Å². The third-order valence-electron chi connectivity index (χ3n) is 7.66. The summed E-state index contributed by atoms with van der Waals surface area (Å²) in [6.45, 7) is 5.62. The molecule has 4 aromatic rings. The van der Waals surface area contributed by atoms with Crippen LogP contribution in [-0.4, -0.2) is 55.1 Å². The van der Waals surface area contributed by atoms with Gasteiger partial charge in [-0.15, -0.1) is 0 Å². The number of fused-ring (bicyclic) bond motifs is 1. The molecule has 42 heavy (non-hydrogen) atoms. The third-order valence-corrected chi connectivity index (χ3v) is 9.46. The maximum Gasteiger partial charge on any atom is 0.243 e. The van der Waals surface area contributed by atoms with Crippen LogP contribution in [0, 0.1) is 6.92 Å². The van der Waals surface area contributed by atoms with Crippen LogP contribution in [-0.2, 0) is 32.6 Å². The van der Waals surface area contributed by atoms with Crippen LogP contribution < -0.4 is 5.32 Å². The lowest BCUT2D eigenvalue weighted by atomic mass is 10.0. The van der Waals surface area contributed by atoms with Gasteiger partial charge in [-0.2, -0.15) is 4.31 Å². The number of nitrogens with zero attached hydrogens (tertiary/aromatic N) is 2. The van der Waals surface area contributed by atoms with Gasteiger partial charge in [0.1, 0.15) is 6.04 Å². The number of likely N-dealkylation sites (N-methyl/N-ethyl adjacent to an activating group) is 1. The standard InChI is InChI=1S/C34H39N3O4S/c1-5-26(3)35-34(39)32(21-27-14-7-6-8-15-27)37(23-30-18-10-9-13-25(30)2)33(38)24-36(4)42(40,41)31-20-19-28-16-11-12-17-29(28)22-31/h6-20,22,26,32H,5,21,23-24H2,1-4H3,(H,35,39)/t26-,32-/m1/s1. The molecule has 8 heteroatoms. The summed E-state index contributed by atoms with van der Waals surface area (Å²) in [6.07, 6.45) is 1.03. The molecule has 0 unspecified atom stereocenters. The first-order chi connectivity index (χ1) is 20.1. The van der Waals surface area contributed by atoms with Gasteiger partial charge in [-0.25, -0.2) is 8.42 Å². The zero-order valence-electron chi connectivity index (χ0n) is 24.7. The van der Waals surface area contributed by atoms with E-state index in [9.17, 15) is 18.0 Å². The van der Waals surface area contributed by atoms with Gasteiger partial charge < -0.3 is 10.2 Å². The molecule has 4 rings (SSSR count). The van der Waals surface area contributed by atoms with E-state index < -0.39 is 28.5 Å². The molecule has 0 saturated heterocycles. The molecule has 2 atom stereocenters. The molecule has 7 nitrogen and oxygen atoms in total. The van der Waals surface area contributed by atoms with Crippen LogP contribution in [0.5, 0.6) is 0 Å². The monoisotopic (exact) mass is 585 g/mol. The normalized spacial score (nSPS) is 13.1. The van der Waals surface area contributed by atoms with Crippen LogP contribution >= 0.6 is 0 Å². The van der Waals surface area contributed by atoms with Crippen LogP contribution in [0.2, 0.25) is 0 Å². The van der Waals surface area contributed by atoms with Crippen LogP contribution in [0.4, 0.5) is 0 Å². The molecule has 2 amide bonds. The van der Waals surface area contributed by atoms with Crippen molar-refractivity contribution >= 4 is 32.6 Å². The number of nitrogens with one attached hydrogen (secondary N) is 1. The number of sulfonamides is 1. The fourth-order valence-electron chi connectivity index (χ4n) is 4.84. The van der Waals surface area contributed by atoms with Crippen molar-refractivity contribution in [3.05, 3.63) is 114 Å². The average Bonchev–Trinajstić information content (AvgIpc) is 2.99. The number of carbonyl (C=O) groups excluding carboxylic acids is 2. The first-order valence-corrected chi connectivity index (χ1v) is 15.7. The van der Waals surface area contributed by atoms with Crippen LogP contribution in [0.1, 0.15) is 37.0 Å². The fourth-order valence-corrected chi connectivity index (χ4v) is 6.00. The summed E-state index contributed by atoms with van der Waals surface area (Å²) in [6, 6.07) is 28.8. The molecule has 0 aromatic heterocycles. The molecular formula is C34H39N3O4S. The minimum Gasteiger partial charge on any atom is -0.352 e. The second-order valence-corrected chi connectivity index (χ2v) is 12.8. The Bertz CT molecular complexity index is 1640. The van der Waals surface area contributed by atoms with E-state index in [1.165, 1.54) is 11.9 Å². The lowest BCUT2D eigenvalue weighted by Gasteiger charge is -2.33. The number of benzene rings is 4. The molecule has 0 aliphatic rings. The van der Waals surface area contributed by atoms with Crippen molar-refractivity contribution in [2.24, 2.45) is 0 Å². The highest BCUT2D eigenvalue weighted by Crippen LogP contribution is 2.23. The Balaban J connectivity index is 1.68. The summed E-state index contributed by atoms with van der Waals surface area (Å²) < 4.78 is 28.3. The topological polar surface area (TPSA) is 86.8 Å². The zero-order chi connectivity index (χ0) is 30.3. The molecule has 0 aliphatic heterocycles. The summed E-state index contributed by atoms with van der Waals surface area (Å²) in [5.41, 5.74) is 2.77. The Labute approximate surface area is 249 Å². The van der Waals surface area contributed by atoms with E-state index in [1.807, 2.05) is 99.6 Å². The van der Waals surface area contributed by atoms with E-state index >= 15 is 0 Å². The highest BCUT2D eigenvalue weighted by Gasteiger charge is 2.33. The van der Waals surface area contributed by atoms with Crippen LogP contribution in [0.25, 0.3) is 10.8 Å². The molecule has 0 saturated carbocycles. The Morgan fingerprint density at radius 3 is 2.19 bits per heavy atom. The van der Waals surface area contributed by atoms with Crippen molar-refractivity contribution in [1.29, 1.82) is 0 Å². The first kappa shape index (κ1) is 30.9. The number of hydrogen-bond donors (Lipinski definition) is 1. The summed E-state index contributed by atoms with van der Waals surface area (Å²) in [5.74, 6) is -0.722. The van der Waals surface area contributed by atoms with Gasteiger partial charge in [0, 0.05) is 26.1 Å². The molecule has 0 aliphatic carbocycles. The van der Waals surface area contributed by atoms with Crippen LogP contribution in [0.15, 0.2) is 102 Å². The van der Waals surface area contributed by atoms with E-state index in [1.54, 1.807) is 18.2 Å². The van der Waals surface area contributed by atoms with Gasteiger partial charge in [0.25, 0.3) is 0 Å². The van der Waals surface area contributed by atoms with Crippen molar-refractivity contribution in [3.63, 3.8) is 0 Å². The summed E-state index contributed by atoms with van der Waals surface area (Å²) in [7, 11) is -2.58. The Morgan fingerprint density at radius 1 is 0.857 bits per heavy atom. The maximum atomic E-state index is 14.1. The molecule has 0 spiro atoms. The van der Waals surface area contributed by atoms with Crippen molar-refractivity contribution in [1.82, 2.24) is 14.5 Å². The van der Waals surface area contributed by atoms with Gasteiger partial charge in [-0.1, -0.05) is 91.9 Å². The molecule has 0 heterocycles. The molecule has 0 fully saturated rings. The SMILES string of the molecule is CC[C@@H](C)NC(=O)[C@@H](Cc1ccccc1)N(Cc1ccccc1C)C(=O)CN(C)S(=O)(=O)c1ccc2ccccc2c1. The van der Waals surface area contributed by atoms with E-state index in [0.717, 1.165) is 38.2 Å². The maximum absolute atomic E-state index is 14.1. The fraction of sp³-hybridized carbons (Fsp3) is 0.294. The number of amides is 2.